The minimum absolute atomic E-state index is 0.0215. The summed E-state index contributed by atoms with van der Waals surface area (Å²) < 4.78 is 0. The normalized spacial score (nSPS) is 21.7. The number of aliphatic imine (C=N–C) groups is 1. The van der Waals surface area contributed by atoms with Crippen LogP contribution in [0.1, 0.15) is 39.3 Å². The maximum atomic E-state index is 5.50. The predicted octanol–water partition coefficient (Wildman–Crippen LogP) is 13.2. The van der Waals surface area contributed by atoms with E-state index in [1.165, 1.54) is 82.4 Å². The summed E-state index contributed by atoms with van der Waals surface area (Å²) in [5, 5.41) is 11.8. The topological polar surface area (TPSA) is 24.4 Å². The molecule has 2 nitrogen and oxygen atoms in total. The quantitative estimate of drug-likeness (QED) is 0.179. The maximum absolute atomic E-state index is 5.50. The van der Waals surface area contributed by atoms with Crippen LogP contribution in [0.25, 0.3) is 60.3 Å². The van der Waals surface area contributed by atoms with Crippen LogP contribution in [0.15, 0.2) is 217 Å². The third kappa shape index (κ3) is 4.54. The Labute approximate surface area is 343 Å². The molecule has 0 fully saturated rings. The number of fused-ring (bicyclic) bond motifs is 17. The van der Waals surface area contributed by atoms with Gasteiger partial charge in [0.1, 0.15) is 5.84 Å². The van der Waals surface area contributed by atoms with Gasteiger partial charge < -0.3 is 5.32 Å². The van der Waals surface area contributed by atoms with Gasteiger partial charge in [-0.25, -0.2) is 4.99 Å². The summed E-state index contributed by atoms with van der Waals surface area (Å²) in [6.07, 6.45) is 18.2. The Hall–Kier alpha value is -7.29. The lowest BCUT2D eigenvalue weighted by Crippen LogP contribution is -2.39. The Morgan fingerprint density at radius 2 is 1.05 bits per heavy atom. The fourth-order valence-corrected chi connectivity index (χ4v) is 11.3. The highest BCUT2D eigenvalue weighted by atomic mass is 15.1. The molecule has 13 rings (SSSR count). The van der Waals surface area contributed by atoms with Crippen LogP contribution in [0, 0.1) is 5.92 Å². The third-order valence-corrected chi connectivity index (χ3v) is 13.8. The SMILES string of the molecule is C1=CC2=C(c3ccc(-c4ccccc4)cc3)N=C(c3ccc4c(c3)C3(c5ccccc5-4)c4cc5c6ccccc6c6ccccc6c5cc4C4C=CC=CC43)NC2C=C1. The Morgan fingerprint density at radius 1 is 0.441 bits per heavy atom. The van der Waals surface area contributed by atoms with Crippen LogP contribution in [0.4, 0.5) is 0 Å². The van der Waals surface area contributed by atoms with E-state index in [-0.39, 0.29) is 23.3 Å². The van der Waals surface area contributed by atoms with Crippen LogP contribution in [-0.2, 0) is 5.41 Å². The van der Waals surface area contributed by atoms with Gasteiger partial charge in [-0.15, -0.1) is 0 Å². The fourth-order valence-electron chi connectivity index (χ4n) is 11.3. The van der Waals surface area contributed by atoms with Crippen LogP contribution in [0.2, 0.25) is 0 Å². The summed E-state index contributed by atoms with van der Waals surface area (Å²) in [4.78, 5) is 5.50. The summed E-state index contributed by atoms with van der Waals surface area (Å²) in [7, 11) is 0. The zero-order chi connectivity index (χ0) is 38.7. The van der Waals surface area contributed by atoms with Gasteiger partial charge in [-0.05, 0) is 95.0 Å². The van der Waals surface area contributed by atoms with E-state index in [2.05, 4.69) is 212 Å². The van der Waals surface area contributed by atoms with Crippen molar-refractivity contribution in [3.8, 4) is 22.3 Å². The molecule has 59 heavy (non-hydrogen) atoms. The van der Waals surface area contributed by atoms with Crippen LogP contribution in [0.3, 0.4) is 0 Å². The van der Waals surface area contributed by atoms with Crippen LogP contribution < -0.4 is 5.32 Å². The number of rotatable bonds is 3. The first-order valence-electron chi connectivity index (χ1n) is 20.8. The predicted molar refractivity (Wildman–Crippen MR) is 246 cm³/mol. The van der Waals surface area contributed by atoms with E-state index in [4.69, 9.17) is 4.99 Å². The van der Waals surface area contributed by atoms with Gasteiger partial charge in [0.2, 0.25) is 0 Å². The lowest BCUT2D eigenvalue weighted by Gasteiger charge is -2.36. The molecule has 8 aromatic rings. The minimum Gasteiger partial charge on any atom is -0.359 e. The van der Waals surface area contributed by atoms with Gasteiger partial charge in [0.05, 0.1) is 17.2 Å². The number of nitrogens with one attached hydrogen (secondary N) is 1. The molecule has 276 valence electrons. The fraction of sp³-hybridized carbons (Fsp3) is 0.0702. The minimum atomic E-state index is -0.385. The van der Waals surface area contributed by atoms with Gasteiger partial charge >= 0.3 is 0 Å². The van der Waals surface area contributed by atoms with Crippen LogP contribution in [-0.4, -0.2) is 11.9 Å². The molecule has 0 amide bonds. The smallest absolute Gasteiger partial charge is 0.134 e. The molecule has 0 saturated heterocycles. The Kier molecular flexibility index (Phi) is 6.86. The van der Waals surface area contributed by atoms with Crippen molar-refractivity contribution in [1.82, 2.24) is 5.32 Å². The second-order valence-corrected chi connectivity index (χ2v) is 16.6. The third-order valence-electron chi connectivity index (χ3n) is 13.8. The molecule has 2 heteroatoms. The first kappa shape index (κ1) is 32.8. The summed E-state index contributed by atoms with van der Waals surface area (Å²) in [6, 6.07) is 58.9. The first-order chi connectivity index (χ1) is 29.3. The number of nitrogens with zero attached hydrogens (tertiary/aromatic N) is 1. The van der Waals surface area contributed by atoms with Gasteiger partial charge in [0.15, 0.2) is 0 Å². The monoisotopic (exact) mass is 750 g/mol. The molecule has 0 saturated carbocycles. The molecule has 0 radical (unpaired) electrons. The zero-order valence-electron chi connectivity index (χ0n) is 32.3. The van der Waals surface area contributed by atoms with Gasteiger partial charge in [-0.3, -0.25) is 0 Å². The number of benzene rings is 8. The molecule has 4 unspecified atom stereocenters. The lowest BCUT2D eigenvalue weighted by molar-refractivity contribution is 0.465. The van der Waals surface area contributed by atoms with Crippen molar-refractivity contribution >= 4 is 43.9 Å². The molecule has 1 spiro atoms. The standard InChI is InChI=1S/C57H38N2/c1-2-14-35(15-3-1)36-26-28-37(29-27-36)55-46-22-10-13-25-54(46)58-56(59-55)38-30-31-45-43-20-8-11-23-50(43)57(52(45)32-38)51-24-12-9-21-44(51)49-33-47-41-18-6-4-16-39(41)40-17-5-7-19-42(40)48(47)34-53(49)57/h1-34,44,51,54H,(H,58,59). The Balaban J connectivity index is 1.04. The molecule has 1 N–H and O–H groups in total. The van der Waals surface area contributed by atoms with E-state index in [9.17, 15) is 0 Å². The second kappa shape index (κ2) is 12.4. The Bertz CT molecular complexity index is 3300. The van der Waals surface area contributed by atoms with E-state index in [1.54, 1.807) is 0 Å². The van der Waals surface area contributed by atoms with E-state index < -0.39 is 0 Å². The molecule has 1 aliphatic heterocycles. The average molecular weight is 751 g/mol. The lowest BCUT2D eigenvalue weighted by atomic mass is 9.65. The van der Waals surface area contributed by atoms with Crippen molar-refractivity contribution < 1.29 is 0 Å². The van der Waals surface area contributed by atoms with E-state index in [1.807, 2.05) is 0 Å². The molecule has 0 aromatic heterocycles. The van der Waals surface area contributed by atoms with Crippen molar-refractivity contribution in [3.05, 3.63) is 245 Å². The van der Waals surface area contributed by atoms with Gasteiger partial charge in [-0.2, -0.15) is 0 Å². The maximum Gasteiger partial charge on any atom is 0.134 e. The summed E-state index contributed by atoms with van der Waals surface area (Å²) in [6.45, 7) is 0. The largest absolute Gasteiger partial charge is 0.359 e. The van der Waals surface area contributed by atoms with Crippen molar-refractivity contribution in [1.29, 1.82) is 0 Å². The number of allylic oxidation sites excluding steroid dienone is 6. The number of hydrogen-bond acceptors (Lipinski definition) is 2. The highest BCUT2D eigenvalue weighted by molar-refractivity contribution is 6.25. The van der Waals surface area contributed by atoms with Gasteiger partial charge in [-0.1, -0.05) is 188 Å². The molecular formula is C57H38N2. The van der Waals surface area contributed by atoms with Gasteiger partial charge in [0.25, 0.3) is 0 Å². The number of hydrogen-bond donors (Lipinski definition) is 1. The average Bonchev–Trinajstić information content (AvgIpc) is 3.77. The highest BCUT2D eigenvalue weighted by Gasteiger charge is 2.57. The summed E-state index contributed by atoms with van der Waals surface area (Å²) >= 11 is 0. The first-order valence-corrected chi connectivity index (χ1v) is 20.8. The summed E-state index contributed by atoms with van der Waals surface area (Å²) in [5.41, 5.74) is 14.7. The van der Waals surface area contributed by atoms with Gasteiger partial charge in [0, 0.05) is 28.5 Å². The number of amidine groups is 1. The van der Waals surface area contributed by atoms with Crippen molar-refractivity contribution in [2.45, 2.75) is 17.4 Å². The molecule has 5 aliphatic rings. The van der Waals surface area contributed by atoms with E-state index >= 15 is 0 Å². The molecule has 0 bridgehead atoms. The molecule has 4 aliphatic carbocycles. The van der Waals surface area contributed by atoms with Crippen LogP contribution >= 0.6 is 0 Å². The summed E-state index contributed by atoms with van der Waals surface area (Å²) in [5.74, 6) is 1.36. The van der Waals surface area contributed by atoms with E-state index in [0.717, 1.165) is 22.7 Å². The van der Waals surface area contributed by atoms with Crippen molar-refractivity contribution in [2.24, 2.45) is 10.9 Å². The Morgan fingerprint density at radius 3 is 1.85 bits per heavy atom. The molecule has 4 atom stereocenters. The van der Waals surface area contributed by atoms with Crippen molar-refractivity contribution in [2.75, 3.05) is 0 Å². The molecule has 1 heterocycles. The van der Waals surface area contributed by atoms with Crippen molar-refractivity contribution in [3.63, 3.8) is 0 Å². The second-order valence-electron chi connectivity index (χ2n) is 16.6. The zero-order valence-corrected chi connectivity index (χ0v) is 32.3. The van der Waals surface area contributed by atoms with E-state index in [0.29, 0.717) is 0 Å². The molecule has 8 aromatic carbocycles. The highest BCUT2D eigenvalue weighted by Crippen LogP contribution is 2.66. The van der Waals surface area contributed by atoms with Crippen LogP contribution in [0.5, 0.6) is 0 Å². The molecular weight excluding hydrogens is 713 g/mol.